The van der Waals surface area contributed by atoms with E-state index in [1.807, 2.05) is 24.3 Å². The third-order valence-corrected chi connectivity index (χ3v) is 4.36. The lowest BCUT2D eigenvalue weighted by atomic mass is 9.84. The summed E-state index contributed by atoms with van der Waals surface area (Å²) in [5.41, 5.74) is 3.79. The van der Waals surface area contributed by atoms with Crippen LogP contribution in [0.4, 0.5) is 0 Å². The first kappa shape index (κ1) is 10.8. The molecule has 0 aromatic heterocycles. The number of hydrogen-bond donors (Lipinski definition) is 0. The van der Waals surface area contributed by atoms with E-state index in [0.717, 1.165) is 0 Å². The van der Waals surface area contributed by atoms with Crippen LogP contribution in [0.2, 0.25) is 0 Å². The van der Waals surface area contributed by atoms with Crippen LogP contribution in [0, 0.1) is 5.92 Å². The van der Waals surface area contributed by atoms with Crippen molar-refractivity contribution in [1.29, 1.82) is 0 Å². The first-order chi connectivity index (χ1) is 9.36. The summed E-state index contributed by atoms with van der Waals surface area (Å²) in [6.45, 7) is 0.532. The summed E-state index contributed by atoms with van der Waals surface area (Å²) in [6.07, 6.45) is 0. The Balaban J connectivity index is 1.91. The number of rotatable bonds is 1. The first-order valence-electron chi connectivity index (χ1n) is 6.66. The van der Waals surface area contributed by atoms with Crippen molar-refractivity contribution in [2.24, 2.45) is 5.92 Å². The second kappa shape index (κ2) is 3.95. The van der Waals surface area contributed by atoms with Gasteiger partial charge in [0.15, 0.2) is 0 Å². The molecule has 0 N–H and O–H groups in total. The third-order valence-electron chi connectivity index (χ3n) is 4.36. The summed E-state index contributed by atoms with van der Waals surface area (Å²) in [7, 11) is 0. The maximum Gasteiger partial charge on any atom is 0.310 e. The van der Waals surface area contributed by atoms with Gasteiger partial charge in [-0.15, -0.1) is 0 Å². The van der Waals surface area contributed by atoms with Gasteiger partial charge < -0.3 is 4.74 Å². The van der Waals surface area contributed by atoms with E-state index in [2.05, 4.69) is 30.3 Å². The predicted molar refractivity (Wildman–Crippen MR) is 71.9 cm³/mol. The molecule has 1 aliphatic carbocycles. The second-order valence-corrected chi connectivity index (χ2v) is 5.28. The maximum atomic E-state index is 12.1. The van der Waals surface area contributed by atoms with Gasteiger partial charge in [0.25, 0.3) is 0 Å². The van der Waals surface area contributed by atoms with E-state index in [-0.39, 0.29) is 23.7 Å². The van der Waals surface area contributed by atoms with Gasteiger partial charge in [-0.25, -0.2) is 0 Å². The zero-order valence-corrected chi connectivity index (χ0v) is 10.5. The van der Waals surface area contributed by atoms with Gasteiger partial charge in [-0.1, -0.05) is 54.6 Å². The highest BCUT2D eigenvalue weighted by Gasteiger charge is 2.50. The Morgan fingerprint density at radius 2 is 1.58 bits per heavy atom. The summed E-state index contributed by atoms with van der Waals surface area (Å²) < 4.78 is 5.29. The van der Waals surface area contributed by atoms with Crippen LogP contribution in [0.25, 0.3) is 0 Å². The molecule has 3 atom stereocenters. The average Bonchev–Trinajstić information content (AvgIpc) is 2.99. The van der Waals surface area contributed by atoms with Gasteiger partial charge in [0.05, 0.1) is 12.5 Å². The zero-order valence-electron chi connectivity index (χ0n) is 10.5. The van der Waals surface area contributed by atoms with Crippen LogP contribution in [0.5, 0.6) is 0 Å². The molecule has 0 saturated carbocycles. The Morgan fingerprint density at radius 3 is 2.37 bits per heavy atom. The van der Waals surface area contributed by atoms with Crippen LogP contribution in [-0.4, -0.2) is 12.6 Å². The number of carbonyl (C=O) groups excluding carboxylic acids is 1. The molecule has 2 nitrogen and oxygen atoms in total. The number of esters is 1. The minimum atomic E-state index is -0.0462. The summed E-state index contributed by atoms with van der Waals surface area (Å²) in [4.78, 5) is 12.1. The molecule has 1 aliphatic heterocycles. The predicted octanol–water partition coefficient (Wildman–Crippen LogP) is 3.09. The fourth-order valence-electron chi connectivity index (χ4n) is 3.56. The molecule has 94 valence electrons. The van der Waals surface area contributed by atoms with Gasteiger partial charge in [-0.05, 0) is 16.7 Å². The van der Waals surface area contributed by atoms with Crippen molar-refractivity contribution < 1.29 is 9.53 Å². The van der Waals surface area contributed by atoms with Crippen LogP contribution in [0.1, 0.15) is 28.5 Å². The van der Waals surface area contributed by atoms with Crippen LogP contribution >= 0.6 is 0 Å². The van der Waals surface area contributed by atoms with E-state index in [9.17, 15) is 4.79 Å². The first-order valence-corrected chi connectivity index (χ1v) is 6.66. The molecule has 19 heavy (non-hydrogen) atoms. The van der Waals surface area contributed by atoms with Crippen LogP contribution in [0.15, 0.2) is 54.6 Å². The monoisotopic (exact) mass is 250 g/mol. The molecular formula is C17H14O2. The van der Waals surface area contributed by atoms with E-state index in [1.54, 1.807) is 0 Å². The lowest BCUT2D eigenvalue weighted by molar-refractivity contribution is -0.141. The van der Waals surface area contributed by atoms with Crippen LogP contribution in [0.3, 0.4) is 0 Å². The van der Waals surface area contributed by atoms with Crippen molar-refractivity contribution in [3.05, 3.63) is 71.3 Å². The standard InChI is InChI=1S/C17H14O2/c18-17-16-14(10-19-17)12-8-4-5-9-13(12)15(16)11-6-2-1-3-7-11/h1-9,14-16H,10H2/t14-,15-,16-/m0/s1. The van der Waals surface area contributed by atoms with Gasteiger partial charge >= 0.3 is 5.97 Å². The van der Waals surface area contributed by atoms with Crippen molar-refractivity contribution in [3.63, 3.8) is 0 Å². The minimum Gasteiger partial charge on any atom is -0.465 e. The van der Waals surface area contributed by atoms with Crippen molar-refractivity contribution in [1.82, 2.24) is 0 Å². The molecule has 0 unspecified atom stereocenters. The fraction of sp³-hybridized carbons (Fsp3) is 0.235. The SMILES string of the molecule is O=C1OC[C@H]2c3ccccc3[C@H](c3ccccc3)[C@@H]12. The van der Waals surface area contributed by atoms with Crippen molar-refractivity contribution in [2.45, 2.75) is 11.8 Å². The van der Waals surface area contributed by atoms with Crippen LogP contribution < -0.4 is 0 Å². The molecule has 1 saturated heterocycles. The van der Waals surface area contributed by atoms with E-state index in [0.29, 0.717) is 6.61 Å². The second-order valence-electron chi connectivity index (χ2n) is 5.28. The van der Waals surface area contributed by atoms with Crippen LogP contribution in [-0.2, 0) is 9.53 Å². The largest absolute Gasteiger partial charge is 0.465 e. The van der Waals surface area contributed by atoms with Gasteiger partial charge in [-0.2, -0.15) is 0 Å². The molecule has 2 heteroatoms. The molecular weight excluding hydrogens is 236 g/mol. The number of fused-ring (bicyclic) bond motifs is 3. The van der Waals surface area contributed by atoms with Gasteiger partial charge in [0.2, 0.25) is 0 Å². The van der Waals surface area contributed by atoms with Crippen molar-refractivity contribution in [3.8, 4) is 0 Å². The summed E-state index contributed by atoms with van der Waals surface area (Å²) >= 11 is 0. The van der Waals surface area contributed by atoms with E-state index in [4.69, 9.17) is 4.74 Å². The Kier molecular flexibility index (Phi) is 2.25. The Labute approximate surface area is 112 Å². The Hall–Kier alpha value is -2.09. The number of benzene rings is 2. The maximum absolute atomic E-state index is 12.1. The van der Waals surface area contributed by atoms with E-state index < -0.39 is 0 Å². The van der Waals surface area contributed by atoms with Crippen molar-refractivity contribution >= 4 is 5.97 Å². The summed E-state index contributed by atoms with van der Waals surface area (Å²) in [5, 5.41) is 0. The normalized spacial score (nSPS) is 27.8. The number of cyclic esters (lactones) is 1. The molecule has 2 aromatic carbocycles. The highest BCUT2D eigenvalue weighted by atomic mass is 16.5. The third kappa shape index (κ3) is 1.46. The number of ether oxygens (including phenoxy) is 1. The highest BCUT2D eigenvalue weighted by molar-refractivity contribution is 5.80. The van der Waals surface area contributed by atoms with Gasteiger partial charge in [0.1, 0.15) is 0 Å². The molecule has 1 heterocycles. The molecule has 0 radical (unpaired) electrons. The molecule has 2 aliphatic rings. The molecule has 0 spiro atoms. The molecule has 2 aromatic rings. The fourth-order valence-corrected chi connectivity index (χ4v) is 3.56. The number of carbonyl (C=O) groups is 1. The molecule has 0 amide bonds. The van der Waals surface area contributed by atoms with Gasteiger partial charge in [0, 0.05) is 11.8 Å². The molecule has 1 fully saturated rings. The lowest BCUT2D eigenvalue weighted by Gasteiger charge is -2.17. The zero-order chi connectivity index (χ0) is 12.8. The topological polar surface area (TPSA) is 26.3 Å². The quantitative estimate of drug-likeness (QED) is 0.727. The highest BCUT2D eigenvalue weighted by Crippen LogP contribution is 2.52. The summed E-state index contributed by atoms with van der Waals surface area (Å²) in [5.74, 6) is 0.293. The molecule has 0 bridgehead atoms. The van der Waals surface area contributed by atoms with Gasteiger partial charge in [-0.3, -0.25) is 4.79 Å². The molecule has 4 rings (SSSR count). The summed E-state index contributed by atoms with van der Waals surface area (Å²) in [6, 6.07) is 18.7. The van der Waals surface area contributed by atoms with E-state index in [1.165, 1.54) is 16.7 Å². The number of hydrogen-bond acceptors (Lipinski definition) is 2. The smallest absolute Gasteiger partial charge is 0.310 e. The van der Waals surface area contributed by atoms with E-state index >= 15 is 0 Å². The average molecular weight is 250 g/mol. The minimum absolute atomic E-state index is 0.0419. The Morgan fingerprint density at radius 1 is 0.895 bits per heavy atom. The Bertz CT molecular complexity index is 633. The lowest BCUT2D eigenvalue weighted by Crippen LogP contribution is -2.17. The van der Waals surface area contributed by atoms with Crippen molar-refractivity contribution in [2.75, 3.05) is 6.61 Å².